The highest BCUT2D eigenvalue weighted by atomic mass is 15.3. The summed E-state index contributed by atoms with van der Waals surface area (Å²) in [6.45, 7) is 5.89. The number of aliphatic imine (C=N–C) groups is 1. The zero-order chi connectivity index (χ0) is 15.0. The summed E-state index contributed by atoms with van der Waals surface area (Å²) in [6.07, 6.45) is 3.55. The second-order valence-corrected chi connectivity index (χ2v) is 5.04. The second-order valence-electron chi connectivity index (χ2n) is 5.04. The van der Waals surface area contributed by atoms with Crippen LogP contribution in [-0.4, -0.2) is 25.3 Å². The van der Waals surface area contributed by atoms with Gasteiger partial charge in [0, 0.05) is 17.5 Å². The van der Waals surface area contributed by atoms with E-state index in [0.29, 0.717) is 0 Å². The minimum absolute atomic E-state index is 0.247. The van der Waals surface area contributed by atoms with E-state index < -0.39 is 0 Å². The maximum Gasteiger partial charge on any atom is 0.238 e. The van der Waals surface area contributed by atoms with Crippen LogP contribution in [0.1, 0.15) is 19.5 Å². The van der Waals surface area contributed by atoms with Crippen molar-refractivity contribution in [2.45, 2.75) is 20.8 Å². The summed E-state index contributed by atoms with van der Waals surface area (Å²) >= 11 is 0. The molecule has 3 aromatic heterocycles. The van der Waals surface area contributed by atoms with Crippen LogP contribution in [0.5, 0.6) is 0 Å². The van der Waals surface area contributed by atoms with Crippen LogP contribution in [0, 0.1) is 6.92 Å². The van der Waals surface area contributed by atoms with Gasteiger partial charge in [-0.15, -0.1) is 5.10 Å². The molecule has 0 aliphatic heterocycles. The second kappa shape index (κ2) is 4.97. The number of pyridine rings is 1. The molecule has 3 rings (SSSR count). The summed E-state index contributed by atoms with van der Waals surface area (Å²) in [5.41, 5.74) is 11.1. The number of aromatic nitrogens is 4. The molecule has 6 heteroatoms. The molecule has 6 nitrogen and oxygen atoms in total. The lowest BCUT2D eigenvalue weighted by atomic mass is 10.1. The fourth-order valence-electron chi connectivity index (χ4n) is 2.19. The van der Waals surface area contributed by atoms with Gasteiger partial charge in [-0.3, -0.25) is 9.98 Å². The average molecular weight is 280 g/mol. The molecule has 0 aliphatic rings. The van der Waals surface area contributed by atoms with Gasteiger partial charge < -0.3 is 5.73 Å². The molecule has 0 aliphatic carbocycles. The van der Waals surface area contributed by atoms with Crippen molar-refractivity contribution >= 4 is 22.9 Å². The Morgan fingerprint density at radius 1 is 1.24 bits per heavy atom. The van der Waals surface area contributed by atoms with E-state index in [1.807, 2.05) is 45.2 Å². The monoisotopic (exact) mass is 280 g/mol. The van der Waals surface area contributed by atoms with E-state index in [-0.39, 0.29) is 5.95 Å². The quantitative estimate of drug-likeness (QED) is 0.732. The molecule has 0 saturated carbocycles. The van der Waals surface area contributed by atoms with Gasteiger partial charge in [0.1, 0.15) is 0 Å². The van der Waals surface area contributed by atoms with Crippen LogP contribution in [0.4, 0.5) is 11.6 Å². The van der Waals surface area contributed by atoms with Crippen molar-refractivity contribution in [3.8, 4) is 11.3 Å². The number of nitrogens with zero attached hydrogens (tertiary/aromatic N) is 5. The van der Waals surface area contributed by atoms with Crippen LogP contribution in [0.15, 0.2) is 35.6 Å². The molecule has 106 valence electrons. The molecule has 0 saturated heterocycles. The van der Waals surface area contributed by atoms with E-state index in [2.05, 4.69) is 20.1 Å². The Balaban J connectivity index is 2.11. The van der Waals surface area contributed by atoms with E-state index in [0.717, 1.165) is 33.9 Å². The maximum atomic E-state index is 5.59. The van der Waals surface area contributed by atoms with Gasteiger partial charge in [0.2, 0.25) is 5.95 Å². The fourth-order valence-corrected chi connectivity index (χ4v) is 2.19. The number of hydrogen-bond acceptors (Lipinski definition) is 5. The topological polar surface area (TPSA) is 81.5 Å². The first-order chi connectivity index (χ1) is 10.0. The Kier molecular flexibility index (Phi) is 3.13. The van der Waals surface area contributed by atoms with Gasteiger partial charge in [-0.1, -0.05) is 0 Å². The van der Waals surface area contributed by atoms with Crippen LogP contribution in [0.3, 0.4) is 0 Å². The third-order valence-corrected chi connectivity index (χ3v) is 3.11. The Bertz CT molecular complexity index is 842. The predicted octanol–water partition coefficient (Wildman–Crippen LogP) is 2.79. The van der Waals surface area contributed by atoms with Crippen molar-refractivity contribution in [1.82, 2.24) is 19.6 Å². The van der Waals surface area contributed by atoms with Crippen LogP contribution < -0.4 is 5.73 Å². The summed E-state index contributed by atoms with van der Waals surface area (Å²) in [6, 6.07) is 5.89. The Morgan fingerprint density at radius 3 is 2.76 bits per heavy atom. The zero-order valence-corrected chi connectivity index (χ0v) is 12.2. The summed E-state index contributed by atoms with van der Waals surface area (Å²) < 4.78 is 1.71. The van der Waals surface area contributed by atoms with Gasteiger partial charge in [0.15, 0.2) is 0 Å². The number of nitrogens with two attached hydrogens (primary N) is 1. The largest absolute Gasteiger partial charge is 0.367 e. The summed E-state index contributed by atoms with van der Waals surface area (Å²) in [5, 5.41) is 4.13. The molecular formula is C15H16N6. The number of hydrogen-bond donors (Lipinski definition) is 1. The molecule has 3 aromatic rings. The minimum Gasteiger partial charge on any atom is -0.367 e. The lowest BCUT2D eigenvalue weighted by molar-refractivity contribution is 0.917. The molecule has 0 unspecified atom stereocenters. The van der Waals surface area contributed by atoms with E-state index in [1.165, 1.54) is 0 Å². The SMILES string of the molecule is CC(C)=Nc1ccc(-c2ccn3nc(N)ncc23)nc1C. The van der Waals surface area contributed by atoms with Crippen molar-refractivity contribution in [3.63, 3.8) is 0 Å². The van der Waals surface area contributed by atoms with Crippen LogP contribution in [-0.2, 0) is 0 Å². The van der Waals surface area contributed by atoms with E-state index in [4.69, 9.17) is 5.73 Å². The van der Waals surface area contributed by atoms with Crippen molar-refractivity contribution in [2.75, 3.05) is 5.73 Å². The number of anilines is 1. The van der Waals surface area contributed by atoms with Gasteiger partial charge in [0.25, 0.3) is 0 Å². The summed E-state index contributed by atoms with van der Waals surface area (Å²) in [4.78, 5) is 13.1. The highest BCUT2D eigenvalue weighted by Gasteiger charge is 2.09. The van der Waals surface area contributed by atoms with Crippen LogP contribution >= 0.6 is 0 Å². The molecule has 0 amide bonds. The van der Waals surface area contributed by atoms with Gasteiger partial charge >= 0.3 is 0 Å². The van der Waals surface area contributed by atoms with Crippen molar-refractivity contribution in [1.29, 1.82) is 0 Å². The molecular weight excluding hydrogens is 264 g/mol. The standard InChI is InChI=1S/C15H16N6/c1-9(2)18-12-4-5-13(19-10(12)3)11-6-7-21-14(11)8-17-15(16)20-21/h4-8H,1-3H3,(H2,16,20). The normalized spacial score (nSPS) is 10.8. The minimum atomic E-state index is 0.247. The van der Waals surface area contributed by atoms with E-state index in [9.17, 15) is 0 Å². The van der Waals surface area contributed by atoms with Gasteiger partial charge in [0.05, 0.1) is 28.8 Å². The van der Waals surface area contributed by atoms with Crippen LogP contribution in [0.25, 0.3) is 16.8 Å². The molecule has 2 N–H and O–H groups in total. The third kappa shape index (κ3) is 2.47. The molecule has 0 bridgehead atoms. The Hall–Kier alpha value is -2.76. The van der Waals surface area contributed by atoms with Gasteiger partial charge in [-0.25, -0.2) is 9.50 Å². The highest BCUT2D eigenvalue weighted by molar-refractivity contribution is 5.83. The first-order valence-electron chi connectivity index (χ1n) is 6.64. The molecule has 0 fully saturated rings. The smallest absolute Gasteiger partial charge is 0.238 e. The zero-order valence-electron chi connectivity index (χ0n) is 12.2. The summed E-state index contributed by atoms with van der Waals surface area (Å²) in [5.74, 6) is 0.247. The Morgan fingerprint density at radius 2 is 2.05 bits per heavy atom. The fraction of sp³-hybridized carbons (Fsp3) is 0.200. The highest BCUT2D eigenvalue weighted by Crippen LogP contribution is 2.27. The van der Waals surface area contributed by atoms with Crippen molar-refractivity contribution < 1.29 is 0 Å². The number of rotatable bonds is 2. The molecule has 21 heavy (non-hydrogen) atoms. The number of aryl methyl sites for hydroxylation is 1. The van der Waals surface area contributed by atoms with E-state index >= 15 is 0 Å². The first-order valence-corrected chi connectivity index (χ1v) is 6.64. The van der Waals surface area contributed by atoms with Gasteiger partial charge in [-0.05, 0) is 39.0 Å². The predicted molar refractivity (Wildman–Crippen MR) is 83.8 cm³/mol. The average Bonchev–Trinajstić information content (AvgIpc) is 2.83. The van der Waals surface area contributed by atoms with Crippen molar-refractivity contribution in [2.24, 2.45) is 4.99 Å². The third-order valence-electron chi connectivity index (χ3n) is 3.11. The molecule has 0 atom stereocenters. The number of nitrogen functional groups attached to an aromatic ring is 1. The van der Waals surface area contributed by atoms with Crippen molar-refractivity contribution in [3.05, 3.63) is 36.3 Å². The maximum absolute atomic E-state index is 5.59. The van der Waals surface area contributed by atoms with E-state index in [1.54, 1.807) is 10.7 Å². The lowest BCUT2D eigenvalue weighted by Gasteiger charge is -2.04. The molecule has 0 aromatic carbocycles. The first kappa shape index (κ1) is 13.2. The van der Waals surface area contributed by atoms with Gasteiger partial charge in [-0.2, -0.15) is 0 Å². The van der Waals surface area contributed by atoms with Crippen LogP contribution in [0.2, 0.25) is 0 Å². The lowest BCUT2D eigenvalue weighted by Crippen LogP contribution is -1.99. The number of fused-ring (bicyclic) bond motifs is 1. The molecule has 3 heterocycles. The summed E-state index contributed by atoms with van der Waals surface area (Å²) in [7, 11) is 0. The molecule has 0 spiro atoms. The Labute approximate surface area is 122 Å². The molecule has 0 radical (unpaired) electrons.